The minimum atomic E-state index is 0.0493. The first-order chi connectivity index (χ1) is 14.2. The summed E-state index contributed by atoms with van der Waals surface area (Å²) in [6.45, 7) is 4.22. The molecule has 29 heavy (non-hydrogen) atoms. The number of carbonyl (C=O) groups excluding carboxylic acids is 1. The van der Waals surface area contributed by atoms with E-state index in [1.165, 1.54) is 11.1 Å². The summed E-state index contributed by atoms with van der Waals surface area (Å²) < 4.78 is 5.56. The number of carbonyl (C=O) groups is 1. The third-order valence-electron chi connectivity index (χ3n) is 4.83. The summed E-state index contributed by atoms with van der Waals surface area (Å²) in [6.07, 6.45) is 3.30. The molecule has 6 nitrogen and oxygen atoms in total. The lowest BCUT2D eigenvalue weighted by atomic mass is 10.1. The maximum atomic E-state index is 11.8. The van der Waals surface area contributed by atoms with Crippen molar-refractivity contribution in [3.8, 4) is 5.75 Å². The van der Waals surface area contributed by atoms with Crippen LogP contribution in [0, 0.1) is 0 Å². The standard InChI is InChI=1S/C23H30N4O2/c1-3-5-22(28)27-20-7-4-6-18(15-20)16-26-23(24-2)25-12-10-17-8-9-21-19(14-17)11-13-29-21/h4,6-9,14-15H,3,5,10-13,16H2,1-2H3,(H,27,28)(H2,24,25,26). The van der Waals surface area contributed by atoms with Crippen molar-refractivity contribution in [2.75, 3.05) is 25.5 Å². The number of rotatable bonds is 8. The lowest BCUT2D eigenvalue weighted by Crippen LogP contribution is -2.37. The lowest BCUT2D eigenvalue weighted by Gasteiger charge is -2.13. The van der Waals surface area contributed by atoms with Crippen molar-refractivity contribution in [3.63, 3.8) is 0 Å². The second-order valence-corrected chi connectivity index (χ2v) is 7.14. The van der Waals surface area contributed by atoms with Gasteiger partial charge in [0.05, 0.1) is 6.61 Å². The molecule has 0 radical (unpaired) electrons. The van der Waals surface area contributed by atoms with Crippen molar-refractivity contribution in [1.29, 1.82) is 0 Å². The molecule has 0 saturated heterocycles. The molecule has 6 heteroatoms. The quantitative estimate of drug-likeness (QED) is 0.475. The monoisotopic (exact) mass is 394 g/mol. The Hall–Kier alpha value is -3.02. The van der Waals surface area contributed by atoms with E-state index in [9.17, 15) is 4.79 Å². The fourth-order valence-electron chi connectivity index (χ4n) is 3.34. The van der Waals surface area contributed by atoms with Crippen LogP contribution in [0.25, 0.3) is 0 Å². The zero-order valence-electron chi connectivity index (χ0n) is 17.3. The van der Waals surface area contributed by atoms with Gasteiger partial charge in [-0.3, -0.25) is 9.79 Å². The van der Waals surface area contributed by atoms with Gasteiger partial charge in [-0.05, 0) is 47.7 Å². The van der Waals surface area contributed by atoms with Gasteiger partial charge in [0.1, 0.15) is 5.75 Å². The number of aliphatic imine (C=N–C) groups is 1. The second kappa shape index (κ2) is 10.5. The fourth-order valence-corrected chi connectivity index (χ4v) is 3.34. The number of nitrogens with zero attached hydrogens (tertiary/aromatic N) is 1. The average Bonchev–Trinajstić information content (AvgIpc) is 3.19. The van der Waals surface area contributed by atoms with Crippen molar-refractivity contribution in [2.45, 2.75) is 39.2 Å². The molecule has 0 unspecified atom stereocenters. The van der Waals surface area contributed by atoms with Crippen LogP contribution in [0.15, 0.2) is 47.5 Å². The molecule has 1 aliphatic rings. The number of guanidine groups is 1. The maximum Gasteiger partial charge on any atom is 0.224 e. The molecule has 1 heterocycles. The normalized spacial score (nSPS) is 12.8. The van der Waals surface area contributed by atoms with E-state index in [4.69, 9.17) is 4.74 Å². The smallest absolute Gasteiger partial charge is 0.224 e. The first kappa shape index (κ1) is 20.7. The van der Waals surface area contributed by atoms with Crippen LogP contribution in [0.1, 0.15) is 36.5 Å². The van der Waals surface area contributed by atoms with Gasteiger partial charge in [0.15, 0.2) is 5.96 Å². The van der Waals surface area contributed by atoms with Crippen molar-refractivity contribution in [3.05, 3.63) is 59.2 Å². The topological polar surface area (TPSA) is 74.8 Å². The van der Waals surface area contributed by atoms with Crippen molar-refractivity contribution in [1.82, 2.24) is 10.6 Å². The first-order valence-corrected chi connectivity index (χ1v) is 10.3. The Morgan fingerprint density at radius 1 is 1.14 bits per heavy atom. The highest BCUT2D eigenvalue weighted by molar-refractivity contribution is 5.90. The predicted octanol–water partition coefficient (Wildman–Crippen LogP) is 3.27. The van der Waals surface area contributed by atoms with Crippen LogP contribution in [0.5, 0.6) is 5.75 Å². The molecular formula is C23H30N4O2. The molecule has 0 saturated carbocycles. The molecule has 2 aromatic rings. The largest absolute Gasteiger partial charge is 0.493 e. The van der Waals surface area contributed by atoms with E-state index in [0.29, 0.717) is 13.0 Å². The molecule has 2 aromatic carbocycles. The van der Waals surface area contributed by atoms with E-state index in [2.05, 4.69) is 39.1 Å². The van der Waals surface area contributed by atoms with Gasteiger partial charge in [-0.25, -0.2) is 0 Å². The third kappa shape index (κ3) is 6.24. The van der Waals surface area contributed by atoms with E-state index in [0.717, 1.165) is 55.4 Å². The van der Waals surface area contributed by atoms with E-state index < -0.39 is 0 Å². The molecule has 1 amide bonds. The number of fused-ring (bicyclic) bond motifs is 1. The highest BCUT2D eigenvalue weighted by Crippen LogP contribution is 2.25. The summed E-state index contributed by atoms with van der Waals surface area (Å²) in [7, 11) is 1.77. The number of benzene rings is 2. The van der Waals surface area contributed by atoms with Crippen LogP contribution in [-0.2, 0) is 24.2 Å². The highest BCUT2D eigenvalue weighted by Gasteiger charge is 2.11. The van der Waals surface area contributed by atoms with Crippen molar-refractivity contribution >= 4 is 17.6 Å². The van der Waals surface area contributed by atoms with Gasteiger partial charge in [-0.1, -0.05) is 31.2 Å². The third-order valence-corrected chi connectivity index (χ3v) is 4.83. The Labute approximate surface area is 172 Å². The van der Waals surface area contributed by atoms with Crippen LogP contribution in [0.4, 0.5) is 5.69 Å². The summed E-state index contributed by atoms with van der Waals surface area (Å²) in [5.74, 6) is 1.83. The molecule has 0 spiro atoms. The van der Waals surface area contributed by atoms with Crippen molar-refractivity contribution < 1.29 is 9.53 Å². The second-order valence-electron chi connectivity index (χ2n) is 7.14. The molecule has 0 aliphatic carbocycles. The van der Waals surface area contributed by atoms with Crippen LogP contribution >= 0.6 is 0 Å². The number of hydrogen-bond donors (Lipinski definition) is 3. The Morgan fingerprint density at radius 2 is 2.03 bits per heavy atom. The highest BCUT2D eigenvalue weighted by atomic mass is 16.5. The zero-order valence-corrected chi connectivity index (χ0v) is 17.3. The van der Waals surface area contributed by atoms with Gasteiger partial charge in [-0.15, -0.1) is 0 Å². The molecule has 0 bridgehead atoms. The van der Waals surface area contributed by atoms with Gasteiger partial charge in [0.2, 0.25) is 5.91 Å². The summed E-state index contributed by atoms with van der Waals surface area (Å²) in [6, 6.07) is 14.3. The number of nitrogens with one attached hydrogen (secondary N) is 3. The summed E-state index contributed by atoms with van der Waals surface area (Å²) in [4.78, 5) is 16.1. The molecule has 0 fully saturated rings. The molecule has 3 N–H and O–H groups in total. The maximum absolute atomic E-state index is 11.8. The predicted molar refractivity (Wildman–Crippen MR) is 118 cm³/mol. The molecule has 3 rings (SSSR count). The number of anilines is 1. The Balaban J connectivity index is 1.45. The first-order valence-electron chi connectivity index (χ1n) is 10.3. The number of hydrogen-bond acceptors (Lipinski definition) is 3. The molecule has 154 valence electrons. The SMILES string of the molecule is CCCC(=O)Nc1cccc(CNC(=NC)NCCc2ccc3c(c2)CCO3)c1. The molecule has 0 aromatic heterocycles. The summed E-state index contributed by atoms with van der Waals surface area (Å²) in [5, 5.41) is 9.62. The molecule has 0 atom stereocenters. The molecular weight excluding hydrogens is 364 g/mol. The Bertz CT molecular complexity index is 864. The van der Waals surface area contributed by atoms with Crippen LogP contribution in [0.3, 0.4) is 0 Å². The Morgan fingerprint density at radius 3 is 2.86 bits per heavy atom. The Kier molecular flexibility index (Phi) is 7.50. The van der Waals surface area contributed by atoms with Gasteiger partial charge in [0, 0.05) is 38.7 Å². The van der Waals surface area contributed by atoms with E-state index in [1.807, 2.05) is 31.2 Å². The minimum Gasteiger partial charge on any atom is -0.493 e. The van der Waals surface area contributed by atoms with Crippen LogP contribution in [-0.4, -0.2) is 32.1 Å². The van der Waals surface area contributed by atoms with Crippen molar-refractivity contribution in [2.24, 2.45) is 4.99 Å². The van der Waals surface area contributed by atoms with Gasteiger partial charge < -0.3 is 20.7 Å². The average molecular weight is 395 g/mol. The summed E-state index contributed by atoms with van der Waals surface area (Å²) >= 11 is 0. The number of ether oxygens (including phenoxy) is 1. The van der Waals surface area contributed by atoms with Crippen LogP contribution in [0.2, 0.25) is 0 Å². The molecule has 1 aliphatic heterocycles. The number of amides is 1. The zero-order chi connectivity index (χ0) is 20.5. The van der Waals surface area contributed by atoms with Gasteiger partial charge in [0.25, 0.3) is 0 Å². The van der Waals surface area contributed by atoms with Gasteiger partial charge >= 0.3 is 0 Å². The fraction of sp³-hybridized carbons (Fsp3) is 0.391. The van der Waals surface area contributed by atoms with E-state index in [1.54, 1.807) is 7.05 Å². The van der Waals surface area contributed by atoms with E-state index in [-0.39, 0.29) is 5.91 Å². The lowest BCUT2D eigenvalue weighted by molar-refractivity contribution is -0.116. The van der Waals surface area contributed by atoms with E-state index >= 15 is 0 Å². The van der Waals surface area contributed by atoms with Crippen LogP contribution < -0.4 is 20.7 Å². The minimum absolute atomic E-state index is 0.0493. The van der Waals surface area contributed by atoms with Gasteiger partial charge in [-0.2, -0.15) is 0 Å². The summed E-state index contributed by atoms with van der Waals surface area (Å²) in [5.41, 5.74) is 4.51.